The molecule has 0 atom stereocenters. The number of hydrogen-bond donors (Lipinski definition) is 1. The fourth-order valence-corrected chi connectivity index (χ4v) is 2.67. The fraction of sp³-hybridized carbons (Fsp3) is 0.278. The zero-order chi connectivity index (χ0) is 16.2. The minimum absolute atomic E-state index is 0.242. The summed E-state index contributed by atoms with van der Waals surface area (Å²) < 4.78 is 19.0. The average molecular weight is 314 g/mol. The number of rotatable bonds is 3. The molecule has 1 aliphatic heterocycles. The van der Waals surface area contributed by atoms with Gasteiger partial charge >= 0.3 is 0 Å². The summed E-state index contributed by atoms with van der Waals surface area (Å²) in [6.45, 7) is 4.63. The molecule has 1 amide bonds. The third-order valence-electron chi connectivity index (χ3n) is 3.84. The summed E-state index contributed by atoms with van der Waals surface area (Å²) in [4.78, 5) is 14.5. The van der Waals surface area contributed by atoms with Crippen molar-refractivity contribution in [1.82, 2.24) is 0 Å². The Labute approximate surface area is 134 Å². The van der Waals surface area contributed by atoms with Crippen molar-refractivity contribution in [3.05, 3.63) is 59.4 Å². The molecule has 0 saturated carbocycles. The first-order chi connectivity index (χ1) is 11.1. The summed E-state index contributed by atoms with van der Waals surface area (Å²) >= 11 is 0. The third-order valence-corrected chi connectivity index (χ3v) is 3.84. The molecule has 2 aromatic rings. The van der Waals surface area contributed by atoms with E-state index in [4.69, 9.17) is 4.74 Å². The van der Waals surface area contributed by atoms with Gasteiger partial charge in [-0.1, -0.05) is 17.7 Å². The molecule has 5 heteroatoms. The normalized spacial score (nSPS) is 14.6. The minimum Gasteiger partial charge on any atom is -0.378 e. The molecule has 0 aromatic heterocycles. The minimum atomic E-state index is -0.374. The number of halogens is 1. The van der Waals surface area contributed by atoms with Crippen LogP contribution < -0.4 is 10.2 Å². The quantitative estimate of drug-likeness (QED) is 0.946. The molecule has 120 valence electrons. The third kappa shape index (κ3) is 3.68. The number of anilines is 2. The van der Waals surface area contributed by atoms with Crippen LogP contribution in [0.3, 0.4) is 0 Å². The number of aryl methyl sites for hydroxylation is 1. The van der Waals surface area contributed by atoms with Gasteiger partial charge in [0.15, 0.2) is 0 Å². The van der Waals surface area contributed by atoms with Crippen LogP contribution in [0.5, 0.6) is 0 Å². The smallest absolute Gasteiger partial charge is 0.255 e. The molecular formula is C18H19FN2O2. The highest BCUT2D eigenvalue weighted by atomic mass is 19.1. The first-order valence-corrected chi connectivity index (χ1v) is 7.64. The number of carbonyl (C=O) groups excluding carboxylic acids is 1. The molecule has 0 aliphatic carbocycles. The van der Waals surface area contributed by atoms with Crippen LogP contribution in [0.4, 0.5) is 15.8 Å². The Hall–Kier alpha value is -2.40. The molecule has 1 fully saturated rings. The zero-order valence-corrected chi connectivity index (χ0v) is 13.0. The number of ether oxygens (including phenoxy) is 1. The zero-order valence-electron chi connectivity index (χ0n) is 13.0. The summed E-state index contributed by atoms with van der Waals surface area (Å²) in [6.07, 6.45) is 0. The Morgan fingerprint density at radius 3 is 2.70 bits per heavy atom. The van der Waals surface area contributed by atoms with Gasteiger partial charge < -0.3 is 15.0 Å². The first kappa shape index (κ1) is 15.5. The van der Waals surface area contributed by atoms with Crippen molar-refractivity contribution in [2.24, 2.45) is 0 Å². The highest BCUT2D eigenvalue weighted by Gasteiger charge is 2.17. The maximum atomic E-state index is 13.6. The van der Waals surface area contributed by atoms with Crippen LogP contribution >= 0.6 is 0 Å². The molecule has 3 rings (SSSR count). The lowest BCUT2D eigenvalue weighted by atomic mass is 10.1. The Bertz CT molecular complexity index is 712. The predicted molar refractivity (Wildman–Crippen MR) is 88.6 cm³/mol. The van der Waals surface area contributed by atoms with Crippen LogP contribution in [-0.4, -0.2) is 32.2 Å². The van der Waals surface area contributed by atoms with E-state index < -0.39 is 0 Å². The van der Waals surface area contributed by atoms with Gasteiger partial charge in [-0.3, -0.25) is 4.79 Å². The van der Waals surface area contributed by atoms with Crippen LogP contribution in [0.15, 0.2) is 42.5 Å². The van der Waals surface area contributed by atoms with E-state index in [-0.39, 0.29) is 11.7 Å². The van der Waals surface area contributed by atoms with Crippen molar-refractivity contribution < 1.29 is 13.9 Å². The van der Waals surface area contributed by atoms with E-state index in [0.29, 0.717) is 24.5 Å². The summed E-state index contributed by atoms with van der Waals surface area (Å²) in [5, 5.41) is 2.83. The van der Waals surface area contributed by atoms with Crippen molar-refractivity contribution in [3.63, 3.8) is 0 Å². The molecular weight excluding hydrogens is 295 g/mol. The molecule has 4 nitrogen and oxygen atoms in total. The lowest BCUT2D eigenvalue weighted by Gasteiger charge is -2.30. The van der Waals surface area contributed by atoms with E-state index in [2.05, 4.69) is 10.2 Å². The monoisotopic (exact) mass is 314 g/mol. The van der Waals surface area contributed by atoms with Gasteiger partial charge in [0, 0.05) is 18.7 Å². The number of benzene rings is 2. The number of morpholine rings is 1. The van der Waals surface area contributed by atoms with Gasteiger partial charge in [-0.2, -0.15) is 0 Å². The maximum Gasteiger partial charge on any atom is 0.255 e. The van der Waals surface area contributed by atoms with Crippen LogP contribution in [0.1, 0.15) is 15.9 Å². The molecule has 0 bridgehead atoms. The van der Waals surface area contributed by atoms with E-state index in [9.17, 15) is 9.18 Å². The van der Waals surface area contributed by atoms with Gasteiger partial charge in [-0.25, -0.2) is 4.39 Å². The Balaban J connectivity index is 1.86. The largest absolute Gasteiger partial charge is 0.378 e. The Morgan fingerprint density at radius 2 is 1.96 bits per heavy atom. The van der Waals surface area contributed by atoms with E-state index in [0.717, 1.165) is 24.3 Å². The average Bonchev–Trinajstić information content (AvgIpc) is 2.56. The molecule has 1 saturated heterocycles. The van der Waals surface area contributed by atoms with Crippen LogP contribution in [0, 0.1) is 12.7 Å². The Morgan fingerprint density at radius 1 is 1.17 bits per heavy atom. The van der Waals surface area contributed by atoms with Crippen molar-refractivity contribution in [2.45, 2.75) is 6.92 Å². The van der Waals surface area contributed by atoms with Crippen LogP contribution in [0.2, 0.25) is 0 Å². The second kappa shape index (κ2) is 6.79. The molecule has 0 spiro atoms. The number of carbonyl (C=O) groups is 1. The van der Waals surface area contributed by atoms with Crippen molar-refractivity contribution in [2.75, 3.05) is 36.5 Å². The van der Waals surface area contributed by atoms with Gasteiger partial charge in [-0.05, 0) is 37.3 Å². The molecule has 0 unspecified atom stereocenters. The van der Waals surface area contributed by atoms with Crippen LogP contribution in [-0.2, 0) is 4.74 Å². The SMILES string of the molecule is Cc1cccc(C(=O)Nc2cc(F)ccc2N2CCOCC2)c1. The van der Waals surface area contributed by atoms with Gasteiger partial charge in [0.25, 0.3) is 5.91 Å². The van der Waals surface area contributed by atoms with Gasteiger partial charge in [0.1, 0.15) is 5.82 Å². The van der Waals surface area contributed by atoms with E-state index in [1.54, 1.807) is 12.1 Å². The summed E-state index contributed by atoms with van der Waals surface area (Å²) in [6, 6.07) is 11.8. The molecule has 23 heavy (non-hydrogen) atoms. The first-order valence-electron chi connectivity index (χ1n) is 7.64. The summed E-state index contributed by atoms with van der Waals surface area (Å²) in [5.41, 5.74) is 2.86. The number of amides is 1. The second-order valence-corrected chi connectivity index (χ2v) is 5.58. The molecule has 1 N–H and O–H groups in total. The standard InChI is InChI=1S/C18H19FN2O2/c1-13-3-2-4-14(11-13)18(22)20-16-12-15(19)5-6-17(16)21-7-9-23-10-8-21/h2-6,11-12H,7-10H2,1H3,(H,20,22). The van der Waals surface area contributed by atoms with E-state index >= 15 is 0 Å². The fourth-order valence-electron chi connectivity index (χ4n) is 2.67. The van der Waals surface area contributed by atoms with Gasteiger partial charge in [0.05, 0.1) is 24.6 Å². The predicted octanol–water partition coefficient (Wildman–Crippen LogP) is 3.22. The lowest BCUT2D eigenvalue weighted by molar-refractivity contribution is 0.102. The number of nitrogens with zero attached hydrogens (tertiary/aromatic N) is 1. The lowest BCUT2D eigenvalue weighted by Crippen LogP contribution is -2.36. The van der Waals surface area contributed by atoms with E-state index in [1.807, 2.05) is 25.1 Å². The maximum absolute atomic E-state index is 13.6. The second-order valence-electron chi connectivity index (χ2n) is 5.58. The van der Waals surface area contributed by atoms with Crippen molar-refractivity contribution in [3.8, 4) is 0 Å². The summed E-state index contributed by atoms with van der Waals surface area (Å²) in [7, 11) is 0. The van der Waals surface area contributed by atoms with Crippen LogP contribution in [0.25, 0.3) is 0 Å². The van der Waals surface area contributed by atoms with Crippen molar-refractivity contribution in [1.29, 1.82) is 0 Å². The van der Waals surface area contributed by atoms with Gasteiger partial charge in [-0.15, -0.1) is 0 Å². The highest BCUT2D eigenvalue weighted by molar-refractivity contribution is 6.06. The molecule has 1 heterocycles. The Kier molecular flexibility index (Phi) is 4.57. The molecule has 2 aromatic carbocycles. The topological polar surface area (TPSA) is 41.6 Å². The number of nitrogens with one attached hydrogen (secondary N) is 1. The van der Waals surface area contributed by atoms with E-state index in [1.165, 1.54) is 12.1 Å². The van der Waals surface area contributed by atoms with Gasteiger partial charge in [0.2, 0.25) is 0 Å². The number of hydrogen-bond acceptors (Lipinski definition) is 3. The molecule has 1 aliphatic rings. The van der Waals surface area contributed by atoms with Crippen molar-refractivity contribution >= 4 is 17.3 Å². The highest BCUT2D eigenvalue weighted by Crippen LogP contribution is 2.28. The summed E-state index contributed by atoms with van der Waals surface area (Å²) in [5.74, 6) is -0.615. The molecule has 0 radical (unpaired) electrons.